The first kappa shape index (κ1) is 19.8. The number of carbonyl (C=O) groups is 1. The van der Waals surface area contributed by atoms with Crippen molar-refractivity contribution in [3.05, 3.63) is 35.4 Å². The molecule has 2 fully saturated rings. The highest BCUT2D eigenvalue weighted by atomic mass is 16.2. The molecule has 4 heterocycles. The average molecular weight is 398 g/mol. The molecule has 0 unspecified atom stereocenters. The topological polar surface area (TPSA) is 70.4 Å². The number of rotatable bonds is 5. The fourth-order valence-corrected chi connectivity index (χ4v) is 4.26. The second-order valence-corrected chi connectivity index (χ2v) is 8.16. The number of piperazine rings is 1. The summed E-state index contributed by atoms with van der Waals surface area (Å²) in [6.45, 7) is 11.2. The molecule has 0 bridgehead atoms. The van der Waals surface area contributed by atoms with Crippen LogP contribution in [-0.2, 0) is 6.54 Å². The monoisotopic (exact) mass is 397 g/mol. The molecule has 4 rings (SSSR count). The van der Waals surface area contributed by atoms with Crippen LogP contribution in [0.5, 0.6) is 0 Å². The molecule has 0 aliphatic carbocycles. The predicted molar refractivity (Wildman–Crippen MR) is 112 cm³/mol. The molecule has 0 aromatic carbocycles. The van der Waals surface area contributed by atoms with Crippen LogP contribution >= 0.6 is 0 Å². The van der Waals surface area contributed by atoms with E-state index in [-0.39, 0.29) is 5.91 Å². The van der Waals surface area contributed by atoms with E-state index in [0.29, 0.717) is 18.8 Å². The highest BCUT2D eigenvalue weighted by molar-refractivity contribution is 5.92. The molecule has 156 valence electrons. The van der Waals surface area contributed by atoms with Gasteiger partial charge in [0.15, 0.2) is 5.69 Å². The van der Waals surface area contributed by atoms with Crippen LogP contribution in [0, 0.1) is 13.8 Å². The maximum atomic E-state index is 12.8. The van der Waals surface area contributed by atoms with E-state index >= 15 is 0 Å². The number of carbonyl (C=O) groups excluding carboxylic acids is 1. The third kappa shape index (κ3) is 4.93. The summed E-state index contributed by atoms with van der Waals surface area (Å²) < 4.78 is 1.81. The first-order chi connectivity index (χ1) is 14.1. The third-order valence-electron chi connectivity index (χ3n) is 5.85. The van der Waals surface area contributed by atoms with Gasteiger partial charge in [-0.1, -0.05) is 11.6 Å². The van der Waals surface area contributed by atoms with Gasteiger partial charge in [0.1, 0.15) is 0 Å². The SMILES string of the molecule is Cc1cc(N2CCN(C(=O)c3cn(CCN4CCCCC4)nn3)CC2)cc(C)n1. The van der Waals surface area contributed by atoms with Crippen LogP contribution in [-0.4, -0.2) is 81.5 Å². The maximum absolute atomic E-state index is 12.8. The number of aromatic nitrogens is 4. The lowest BCUT2D eigenvalue weighted by molar-refractivity contribution is 0.0740. The Morgan fingerprint density at radius 1 is 0.931 bits per heavy atom. The van der Waals surface area contributed by atoms with E-state index in [0.717, 1.165) is 37.6 Å². The summed E-state index contributed by atoms with van der Waals surface area (Å²) in [7, 11) is 0. The Balaban J connectivity index is 1.29. The minimum absolute atomic E-state index is 0.0176. The van der Waals surface area contributed by atoms with Gasteiger partial charge in [-0.15, -0.1) is 5.10 Å². The number of nitrogens with zero attached hydrogens (tertiary/aromatic N) is 7. The molecule has 8 nitrogen and oxygen atoms in total. The Labute approximate surface area is 172 Å². The molecule has 8 heteroatoms. The molecular weight excluding hydrogens is 366 g/mol. The van der Waals surface area contributed by atoms with Gasteiger partial charge in [0.25, 0.3) is 5.91 Å². The summed E-state index contributed by atoms with van der Waals surface area (Å²) in [5.74, 6) is -0.0176. The number of likely N-dealkylation sites (tertiary alicyclic amines) is 1. The quantitative estimate of drug-likeness (QED) is 0.765. The van der Waals surface area contributed by atoms with Crippen LogP contribution in [0.3, 0.4) is 0 Å². The molecule has 0 saturated carbocycles. The predicted octanol–water partition coefficient (Wildman–Crippen LogP) is 1.74. The molecule has 0 atom stereocenters. The highest BCUT2D eigenvalue weighted by Gasteiger charge is 2.24. The molecule has 0 spiro atoms. The van der Waals surface area contributed by atoms with Gasteiger partial charge in [-0.05, 0) is 51.9 Å². The summed E-state index contributed by atoms with van der Waals surface area (Å²) in [6.07, 6.45) is 5.71. The summed E-state index contributed by atoms with van der Waals surface area (Å²) in [5, 5.41) is 8.31. The zero-order chi connectivity index (χ0) is 20.2. The van der Waals surface area contributed by atoms with Gasteiger partial charge in [-0.2, -0.15) is 0 Å². The molecular formula is C21H31N7O. The average Bonchev–Trinajstić information content (AvgIpc) is 3.21. The summed E-state index contributed by atoms with van der Waals surface area (Å²) >= 11 is 0. The molecule has 2 aromatic rings. The first-order valence-corrected chi connectivity index (χ1v) is 10.7. The molecule has 1 amide bonds. The van der Waals surface area contributed by atoms with Gasteiger partial charge >= 0.3 is 0 Å². The Morgan fingerprint density at radius 2 is 1.62 bits per heavy atom. The molecule has 29 heavy (non-hydrogen) atoms. The largest absolute Gasteiger partial charge is 0.368 e. The van der Waals surface area contributed by atoms with Crippen LogP contribution in [0.15, 0.2) is 18.3 Å². The van der Waals surface area contributed by atoms with Gasteiger partial charge < -0.3 is 14.7 Å². The Morgan fingerprint density at radius 3 is 2.31 bits per heavy atom. The zero-order valence-corrected chi connectivity index (χ0v) is 17.5. The van der Waals surface area contributed by atoms with Crippen molar-refractivity contribution in [3.63, 3.8) is 0 Å². The van der Waals surface area contributed by atoms with Gasteiger partial charge in [0.2, 0.25) is 0 Å². The second-order valence-electron chi connectivity index (χ2n) is 8.16. The summed E-state index contributed by atoms with van der Waals surface area (Å²) in [6, 6.07) is 4.22. The van der Waals surface area contributed by atoms with E-state index in [9.17, 15) is 4.79 Å². The number of piperidine rings is 1. The number of hydrogen-bond acceptors (Lipinski definition) is 6. The number of hydrogen-bond donors (Lipinski definition) is 0. The standard InChI is InChI=1S/C21H31N7O/c1-17-14-19(15-18(2)22-17)26-9-11-27(12-10-26)21(29)20-16-28(24-23-20)13-8-25-6-4-3-5-7-25/h14-16H,3-13H2,1-2H3. The lowest BCUT2D eigenvalue weighted by Crippen LogP contribution is -2.49. The van der Waals surface area contributed by atoms with Crippen LogP contribution in [0.1, 0.15) is 41.1 Å². The van der Waals surface area contributed by atoms with Crippen LogP contribution in [0.25, 0.3) is 0 Å². The fraction of sp³-hybridized carbons (Fsp3) is 0.619. The van der Waals surface area contributed by atoms with Gasteiger partial charge in [-0.25, -0.2) is 0 Å². The smallest absolute Gasteiger partial charge is 0.276 e. The van der Waals surface area contributed by atoms with Crippen molar-refractivity contribution < 1.29 is 4.79 Å². The van der Waals surface area contributed by atoms with E-state index in [4.69, 9.17) is 0 Å². The third-order valence-corrected chi connectivity index (χ3v) is 5.85. The van der Waals surface area contributed by atoms with E-state index in [1.807, 2.05) is 18.7 Å². The van der Waals surface area contributed by atoms with Crippen molar-refractivity contribution >= 4 is 11.6 Å². The summed E-state index contributed by atoms with van der Waals surface area (Å²) in [5.41, 5.74) is 3.69. The van der Waals surface area contributed by atoms with Crippen molar-refractivity contribution in [2.24, 2.45) is 0 Å². The van der Waals surface area contributed by atoms with Crippen molar-refractivity contribution in [3.8, 4) is 0 Å². The zero-order valence-electron chi connectivity index (χ0n) is 17.5. The van der Waals surface area contributed by atoms with Crippen LogP contribution in [0.4, 0.5) is 5.69 Å². The molecule has 2 aliphatic heterocycles. The van der Waals surface area contributed by atoms with E-state index in [1.54, 1.807) is 10.9 Å². The van der Waals surface area contributed by atoms with E-state index in [2.05, 4.69) is 37.2 Å². The second kappa shape index (κ2) is 8.90. The fourth-order valence-electron chi connectivity index (χ4n) is 4.26. The van der Waals surface area contributed by atoms with E-state index in [1.165, 1.54) is 38.0 Å². The van der Waals surface area contributed by atoms with Gasteiger partial charge in [0.05, 0.1) is 12.7 Å². The van der Waals surface area contributed by atoms with Crippen molar-refractivity contribution in [1.29, 1.82) is 0 Å². The molecule has 2 saturated heterocycles. The number of anilines is 1. The van der Waals surface area contributed by atoms with Crippen molar-refractivity contribution in [1.82, 2.24) is 29.8 Å². The molecule has 2 aliphatic rings. The van der Waals surface area contributed by atoms with E-state index < -0.39 is 0 Å². The van der Waals surface area contributed by atoms with Gasteiger partial charge in [-0.3, -0.25) is 14.5 Å². The highest BCUT2D eigenvalue weighted by Crippen LogP contribution is 2.19. The minimum atomic E-state index is -0.0176. The first-order valence-electron chi connectivity index (χ1n) is 10.7. The summed E-state index contributed by atoms with van der Waals surface area (Å²) in [4.78, 5) is 24.0. The Kier molecular flexibility index (Phi) is 6.08. The van der Waals surface area contributed by atoms with Crippen molar-refractivity contribution in [2.75, 3.05) is 50.7 Å². The van der Waals surface area contributed by atoms with Crippen LogP contribution in [0.2, 0.25) is 0 Å². The lowest BCUT2D eigenvalue weighted by atomic mass is 10.1. The Bertz CT molecular complexity index is 815. The maximum Gasteiger partial charge on any atom is 0.276 e. The molecule has 2 aromatic heterocycles. The lowest BCUT2D eigenvalue weighted by Gasteiger charge is -2.36. The normalized spacial score (nSPS) is 18.3. The number of aryl methyl sites for hydroxylation is 2. The number of pyridine rings is 1. The minimum Gasteiger partial charge on any atom is -0.368 e. The number of amides is 1. The molecule has 0 N–H and O–H groups in total. The Hall–Kier alpha value is -2.48. The van der Waals surface area contributed by atoms with Gasteiger partial charge in [0, 0.05) is 49.8 Å². The van der Waals surface area contributed by atoms with Crippen LogP contribution < -0.4 is 4.90 Å². The molecule has 0 radical (unpaired) electrons. The van der Waals surface area contributed by atoms with Crippen molar-refractivity contribution in [2.45, 2.75) is 39.7 Å².